The average Bonchev–Trinajstić information content (AvgIpc) is 3.21. The summed E-state index contributed by atoms with van der Waals surface area (Å²) in [6.45, 7) is 0. The Balaban J connectivity index is 1.96. The van der Waals surface area contributed by atoms with E-state index in [1.807, 2.05) is 47.8 Å². The number of rotatable bonds is 6. The van der Waals surface area contributed by atoms with Crippen LogP contribution in [0.5, 0.6) is 17.2 Å². The Bertz CT molecular complexity index is 1000. The van der Waals surface area contributed by atoms with Crippen molar-refractivity contribution in [2.75, 3.05) is 21.3 Å². The minimum absolute atomic E-state index is 0.464. The van der Waals surface area contributed by atoms with Gasteiger partial charge >= 0.3 is 0 Å². The number of methoxy groups -OCH3 is 3. The number of ether oxygens (including phenoxy) is 3. The van der Waals surface area contributed by atoms with Crippen LogP contribution in [0.2, 0.25) is 0 Å². The number of thiazole rings is 1. The Hall–Kier alpha value is -3.30. The molecule has 0 atom stereocenters. The lowest BCUT2D eigenvalue weighted by molar-refractivity contribution is 0.402. The van der Waals surface area contributed by atoms with Crippen LogP contribution in [0.3, 0.4) is 0 Å². The minimum atomic E-state index is 0.464. The predicted molar refractivity (Wildman–Crippen MR) is 107 cm³/mol. The number of benzene rings is 2. The fourth-order valence-corrected chi connectivity index (χ4v) is 3.34. The molecular weight excluding hydrogens is 360 g/mol. The first kappa shape index (κ1) is 18.5. The van der Waals surface area contributed by atoms with E-state index in [1.54, 1.807) is 27.4 Å². The van der Waals surface area contributed by atoms with Gasteiger partial charge < -0.3 is 14.2 Å². The van der Waals surface area contributed by atoms with Crippen molar-refractivity contribution in [3.63, 3.8) is 0 Å². The molecule has 0 amide bonds. The molecule has 0 unspecified atom stereocenters. The van der Waals surface area contributed by atoms with Gasteiger partial charge in [0.05, 0.1) is 32.6 Å². The highest BCUT2D eigenvalue weighted by atomic mass is 32.1. The minimum Gasteiger partial charge on any atom is -0.497 e. The molecule has 5 nitrogen and oxygen atoms in total. The van der Waals surface area contributed by atoms with Gasteiger partial charge in [0.15, 0.2) is 0 Å². The Morgan fingerprint density at radius 2 is 1.70 bits per heavy atom. The van der Waals surface area contributed by atoms with Crippen LogP contribution in [0, 0.1) is 11.3 Å². The van der Waals surface area contributed by atoms with Crippen LogP contribution in [0.1, 0.15) is 10.6 Å². The Labute approximate surface area is 162 Å². The smallest absolute Gasteiger partial charge is 0.134 e. The van der Waals surface area contributed by atoms with E-state index in [9.17, 15) is 5.26 Å². The fourth-order valence-electron chi connectivity index (χ4n) is 2.54. The van der Waals surface area contributed by atoms with Crippen molar-refractivity contribution in [1.82, 2.24) is 4.98 Å². The largest absolute Gasteiger partial charge is 0.497 e. The predicted octanol–water partition coefficient (Wildman–Crippen LogP) is 4.90. The maximum atomic E-state index is 9.64. The number of allylic oxidation sites excluding steroid dienone is 1. The van der Waals surface area contributed by atoms with Crippen LogP contribution >= 0.6 is 11.3 Å². The maximum absolute atomic E-state index is 9.64. The van der Waals surface area contributed by atoms with E-state index in [0.717, 1.165) is 22.6 Å². The van der Waals surface area contributed by atoms with Gasteiger partial charge in [-0.25, -0.2) is 4.98 Å². The molecule has 6 heteroatoms. The summed E-state index contributed by atoms with van der Waals surface area (Å²) >= 11 is 1.42. The van der Waals surface area contributed by atoms with Crippen molar-refractivity contribution in [2.45, 2.75) is 0 Å². The molecule has 2 aromatic carbocycles. The van der Waals surface area contributed by atoms with E-state index in [2.05, 4.69) is 11.1 Å². The molecule has 0 aliphatic rings. The van der Waals surface area contributed by atoms with Crippen LogP contribution in [0.15, 0.2) is 47.8 Å². The monoisotopic (exact) mass is 378 g/mol. The van der Waals surface area contributed by atoms with Crippen LogP contribution in [0.4, 0.5) is 0 Å². The molecule has 0 saturated carbocycles. The molecule has 0 aliphatic heterocycles. The maximum Gasteiger partial charge on any atom is 0.134 e. The van der Waals surface area contributed by atoms with Gasteiger partial charge in [-0.15, -0.1) is 11.3 Å². The molecule has 0 fully saturated rings. The van der Waals surface area contributed by atoms with Crippen molar-refractivity contribution < 1.29 is 14.2 Å². The summed E-state index contributed by atoms with van der Waals surface area (Å²) in [5, 5.41) is 12.2. The highest BCUT2D eigenvalue weighted by Gasteiger charge is 2.11. The van der Waals surface area contributed by atoms with E-state index in [-0.39, 0.29) is 0 Å². The third kappa shape index (κ3) is 4.10. The summed E-state index contributed by atoms with van der Waals surface area (Å²) in [7, 11) is 4.83. The van der Waals surface area contributed by atoms with E-state index in [0.29, 0.717) is 22.1 Å². The fraction of sp³-hybridized carbons (Fsp3) is 0.143. The van der Waals surface area contributed by atoms with Crippen molar-refractivity contribution in [2.24, 2.45) is 0 Å². The number of hydrogen-bond acceptors (Lipinski definition) is 6. The molecule has 3 rings (SSSR count). The first-order chi connectivity index (χ1) is 13.2. The summed E-state index contributed by atoms with van der Waals surface area (Å²) in [6, 6.07) is 15.3. The van der Waals surface area contributed by atoms with Crippen molar-refractivity contribution in [1.29, 1.82) is 5.26 Å². The van der Waals surface area contributed by atoms with Gasteiger partial charge in [0.25, 0.3) is 0 Å². The molecular formula is C21H18N2O3S. The highest BCUT2D eigenvalue weighted by Crippen LogP contribution is 2.31. The lowest BCUT2D eigenvalue weighted by Gasteiger charge is -2.07. The molecule has 3 aromatic rings. The molecule has 0 spiro atoms. The zero-order chi connectivity index (χ0) is 19.2. The molecule has 1 aromatic heterocycles. The van der Waals surface area contributed by atoms with E-state index >= 15 is 0 Å². The quantitative estimate of drug-likeness (QED) is 0.571. The normalized spacial score (nSPS) is 11.0. The molecule has 27 heavy (non-hydrogen) atoms. The third-order valence-electron chi connectivity index (χ3n) is 3.98. The zero-order valence-electron chi connectivity index (χ0n) is 15.2. The number of aromatic nitrogens is 1. The van der Waals surface area contributed by atoms with Crippen LogP contribution in [-0.4, -0.2) is 26.3 Å². The van der Waals surface area contributed by atoms with Crippen LogP contribution in [0.25, 0.3) is 22.9 Å². The molecule has 0 radical (unpaired) electrons. The number of nitriles is 1. The van der Waals surface area contributed by atoms with E-state index < -0.39 is 0 Å². The first-order valence-electron chi connectivity index (χ1n) is 8.12. The number of hydrogen-bond donors (Lipinski definition) is 0. The molecule has 136 valence electrons. The second-order valence-electron chi connectivity index (χ2n) is 5.54. The van der Waals surface area contributed by atoms with Gasteiger partial charge in [0.1, 0.15) is 28.3 Å². The summed E-state index contributed by atoms with van der Waals surface area (Å²) in [5.41, 5.74) is 3.01. The molecule has 0 saturated heterocycles. The molecule has 0 N–H and O–H groups in total. The summed E-state index contributed by atoms with van der Waals surface area (Å²) in [5.74, 6) is 2.14. The summed E-state index contributed by atoms with van der Waals surface area (Å²) < 4.78 is 15.8. The third-order valence-corrected chi connectivity index (χ3v) is 4.85. The molecule has 0 aliphatic carbocycles. The summed E-state index contributed by atoms with van der Waals surface area (Å²) in [4.78, 5) is 4.62. The van der Waals surface area contributed by atoms with Gasteiger partial charge in [-0.2, -0.15) is 5.26 Å². The average molecular weight is 378 g/mol. The lowest BCUT2D eigenvalue weighted by Crippen LogP contribution is -1.90. The Morgan fingerprint density at radius 3 is 2.33 bits per heavy atom. The molecule has 0 bridgehead atoms. The van der Waals surface area contributed by atoms with Crippen molar-refractivity contribution in [3.05, 3.63) is 58.4 Å². The van der Waals surface area contributed by atoms with Gasteiger partial charge in [0.2, 0.25) is 0 Å². The standard InChI is InChI=1S/C21H18N2O3S/c1-24-17-6-4-14(5-7-17)19-13-27-21(23-19)16(12-22)10-15-11-18(25-2)8-9-20(15)26-3/h4-11,13H,1-3H3. The van der Waals surface area contributed by atoms with Crippen molar-refractivity contribution in [3.8, 4) is 34.6 Å². The van der Waals surface area contributed by atoms with Crippen molar-refractivity contribution >= 4 is 23.0 Å². The van der Waals surface area contributed by atoms with Crippen LogP contribution < -0.4 is 14.2 Å². The first-order valence-corrected chi connectivity index (χ1v) is 9.00. The van der Waals surface area contributed by atoms with Gasteiger partial charge in [-0.3, -0.25) is 0 Å². The highest BCUT2D eigenvalue weighted by molar-refractivity contribution is 7.11. The summed E-state index contributed by atoms with van der Waals surface area (Å²) in [6.07, 6.45) is 1.76. The Morgan fingerprint density at radius 1 is 1.00 bits per heavy atom. The van der Waals surface area contributed by atoms with Gasteiger partial charge in [-0.1, -0.05) is 0 Å². The van der Waals surface area contributed by atoms with Gasteiger partial charge in [0, 0.05) is 16.5 Å². The Kier molecular flexibility index (Phi) is 5.74. The second-order valence-corrected chi connectivity index (χ2v) is 6.40. The van der Waals surface area contributed by atoms with Crippen LogP contribution in [-0.2, 0) is 0 Å². The zero-order valence-corrected chi connectivity index (χ0v) is 16.0. The lowest BCUT2D eigenvalue weighted by atomic mass is 10.1. The van der Waals surface area contributed by atoms with E-state index in [4.69, 9.17) is 14.2 Å². The second kappa shape index (κ2) is 8.39. The van der Waals surface area contributed by atoms with Gasteiger partial charge in [-0.05, 0) is 48.5 Å². The SMILES string of the molecule is COc1ccc(-c2csc(C(C#N)=Cc3cc(OC)ccc3OC)n2)cc1. The number of nitrogens with zero attached hydrogens (tertiary/aromatic N) is 2. The van der Waals surface area contributed by atoms with E-state index in [1.165, 1.54) is 11.3 Å². The molecule has 1 heterocycles. The topological polar surface area (TPSA) is 64.4 Å².